The average Bonchev–Trinajstić information content (AvgIpc) is 2.66. The van der Waals surface area contributed by atoms with Crippen molar-refractivity contribution in [1.82, 2.24) is 19.9 Å². The van der Waals surface area contributed by atoms with Crippen LogP contribution >= 0.6 is 23.2 Å². The van der Waals surface area contributed by atoms with Crippen LogP contribution in [0.4, 0.5) is 5.95 Å². The number of fused-ring (bicyclic) bond motifs is 1. The molecule has 3 N–H and O–H groups in total. The molecule has 140 valence electrons. The molecule has 0 aliphatic carbocycles. The van der Waals surface area contributed by atoms with Crippen molar-refractivity contribution in [3.8, 4) is 0 Å². The molecule has 28 heavy (non-hydrogen) atoms. The Morgan fingerprint density at radius 3 is 1.82 bits per heavy atom. The van der Waals surface area contributed by atoms with E-state index in [1.807, 2.05) is 48.5 Å². The van der Waals surface area contributed by atoms with Crippen LogP contribution in [0.25, 0.3) is 11.2 Å². The number of nitrogens with zero attached hydrogens (tertiary/aromatic N) is 3. The summed E-state index contributed by atoms with van der Waals surface area (Å²) in [5, 5.41) is 1.32. The molecule has 0 saturated heterocycles. The first-order valence-corrected chi connectivity index (χ1v) is 9.28. The van der Waals surface area contributed by atoms with Gasteiger partial charge in [0.05, 0.1) is 11.4 Å². The second-order valence-electron chi connectivity index (χ2n) is 6.35. The van der Waals surface area contributed by atoms with Crippen molar-refractivity contribution in [2.24, 2.45) is 0 Å². The maximum atomic E-state index is 12.2. The van der Waals surface area contributed by atoms with Crippen molar-refractivity contribution in [3.05, 3.63) is 91.4 Å². The summed E-state index contributed by atoms with van der Waals surface area (Å²) in [5.41, 5.74) is 9.09. The topological polar surface area (TPSA) is 97.5 Å². The van der Waals surface area contributed by atoms with Crippen LogP contribution in [0, 0.1) is 0 Å². The highest BCUT2D eigenvalue weighted by Gasteiger charge is 2.14. The van der Waals surface area contributed by atoms with Crippen LogP contribution in [0.5, 0.6) is 0 Å². The molecule has 4 rings (SSSR count). The Labute approximate surface area is 170 Å². The van der Waals surface area contributed by atoms with Gasteiger partial charge in [0.2, 0.25) is 5.95 Å². The zero-order valence-electron chi connectivity index (χ0n) is 14.6. The Morgan fingerprint density at radius 1 is 0.786 bits per heavy atom. The van der Waals surface area contributed by atoms with E-state index in [9.17, 15) is 4.79 Å². The molecule has 0 bridgehead atoms. The first-order chi connectivity index (χ1) is 13.5. The lowest BCUT2D eigenvalue weighted by Crippen LogP contribution is -2.16. The summed E-state index contributed by atoms with van der Waals surface area (Å²) in [5.74, 6) is 0.00898. The summed E-state index contributed by atoms with van der Waals surface area (Å²) in [6, 6.07) is 15.0. The van der Waals surface area contributed by atoms with Gasteiger partial charge in [-0.2, -0.15) is 4.98 Å². The molecule has 8 heteroatoms. The number of nitrogens with two attached hydrogens (primary N) is 1. The van der Waals surface area contributed by atoms with E-state index in [0.29, 0.717) is 28.6 Å². The zero-order valence-corrected chi connectivity index (χ0v) is 16.1. The van der Waals surface area contributed by atoms with Gasteiger partial charge < -0.3 is 5.73 Å². The number of aromatic amines is 1. The molecule has 2 aromatic carbocycles. The van der Waals surface area contributed by atoms with Gasteiger partial charge >= 0.3 is 0 Å². The number of hydrogen-bond donors (Lipinski definition) is 2. The Morgan fingerprint density at radius 2 is 1.29 bits per heavy atom. The monoisotopic (exact) mass is 411 g/mol. The minimum Gasteiger partial charge on any atom is -0.369 e. The second-order valence-corrected chi connectivity index (χ2v) is 7.22. The van der Waals surface area contributed by atoms with E-state index in [0.717, 1.165) is 16.8 Å². The fourth-order valence-corrected chi connectivity index (χ4v) is 3.17. The minimum atomic E-state index is -0.412. The van der Waals surface area contributed by atoms with Gasteiger partial charge in [-0.15, -0.1) is 0 Å². The summed E-state index contributed by atoms with van der Waals surface area (Å²) < 4.78 is 0. The molecule has 0 unspecified atom stereocenters. The molecule has 0 fully saturated rings. The van der Waals surface area contributed by atoms with Gasteiger partial charge in [-0.1, -0.05) is 47.5 Å². The lowest BCUT2D eigenvalue weighted by Gasteiger charge is -2.10. The molecule has 0 radical (unpaired) electrons. The van der Waals surface area contributed by atoms with Gasteiger partial charge in [0.1, 0.15) is 0 Å². The molecular formula is C20H15Cl2N5O. The molecule has 2 heterocycles. The standard InChI is InChI=1S/C20H15Cl2N5O/c21-13-5-1-11(2-6-13)9-15-16(10-12-3-7-14(22)8-4-12)25-18-17(24-15)19(28)27-20(23)26-18/h1-8H,9-10H2,(H3,23,25,26,27,28). The summed E-state index contributed by atoms with van der Waals surface area (Å²) in [6.45, 7) is 0. The second kappa shape index (κ2) is 7.58. The lowest BCUT2D eigenvalue weighted by atomic mass is 10.0. The highest BCUT2D eigenvalue weighted by molar-refractivity contribution is 6.30. The molecular weight excluding hydrogens is 397 g/mol. The quantitative estimate of drug-likeness (QED) is 0.532. The van der Waals surface area contributed by atoms with Crippen molar-refractivity contribution >= 4 is 40.3 Å². The number of rotatable bonds is 4. The van der Waals surface area contributed by atoms with Crippen molar-refractivity contribution in [3.63, 3.8) is 0 Å². The predicted octanol–water partition coefficient (Wildman–Crippen LogP) is 3.78. The Bertz CT molecular complexity index is 1200. The number of nitrogen functional groups attached to an aromatic ring is 1. The van der Waals surface area contributed by atoms with E-state index >= 15 is 0 Å². The summed E-state index contributed by atoms with van der Waals surface area (Å²) in [6.07, 6.45) is 1.03. The van der Waals surface area contributed by atoms with Gasteiger partial charge in [0.25, 0.3) is 5.56 Å². The summed E-state index contributed by atoms with van der Waals surface area (Å²) in [4.78, 5) is 28.0. The van der Waals surface area contributed by atoms with Gasteiger partial charge in [0, 0.05) is 22.9 Å². The van der Waals surface area contributed by atoms with E-state index in [1.54, 1.807) is 0 Å². The maximum absolute atomic E-state index is 12.2. The molecule has 0 aliphatic heterocycles. The fraction of sp³-hybridized carbons (Fsp3) is 0.100. The first-order valence-electron chi connectivity index (χ1n) is 8.52. The number of aromatic nitrogens is 4. The average molecular weight is 412 g/mol. The third kappa shape index (κ3) is 3.98. The van der Waals surface area contributed by atoms with Crippen LogP contribution in [0.15, 0.2) is 53.3 Å². The number of anilines is 1. The molecule has 0 atom stereocenters. The minimum absolute atomic E-state index is 0.00898. The van der Waals surface area contributed by atoms with Crippen LogP contribution in [0.1, 0.15) is 22.5 Å². The van der Waals surface area contributed by atoms with Crippen molar-refractivity contribution in [2.75, 3.05) is 5.73 Å². The molecule has 0 amide bonds. The Hall–Kier alpha value is -2.96. The van der Waals surface area contributed by atoms with Crippen molar-refractivity contribution in [1.29, 1.82) is 0 Å². The van der Waals surface area contributed by atoms with Gasteiger partial charge in [0.15, 0.2) is 11.2 Å². The molecule has 0 aliphatic rings. The van der Waals surface area contributed by atoms with E-state index in [4.69, 9.17) is 28.9 Å². The summed E-state index contributed by atoms with van der Waals surface area (Å²) in [7, 11) is 0. The number of benzene rings is 2. The summed E-state index contributed by atoms with van der Waals surface area (Å²) >= 11 is 12.0. The van der Waals surface area contributed by atoms with E-state index in [1.165, 1.54) is 0 Å². The van der Waals surface area contributed by atoms with Crippen molar-refractivity contribution < 1.29 is 0 Å². The van der Waals surface area contributed by atoms with Gasteiger partial charge in [-0.25, -0.2) is 9.97 Å². The van der Waals surface area contributed by atoms with Crippen LogP contribution in [0.3, 0.4) is 0 Å². The molecule has 6 nitrogen and oxygen atoms in total. The number of hydrogen-bond acceptors (Lipinski definition) is 5. The highest BCUT2D eigenvalue weighted by Crippen LogP contribution is 2.19. The molecule has 0 saturated carbocycles. The highest BCUT2D eigenvalue weighted by atomic mass is 35.5. The maximum Gasteiger partial charge on any atom is 0.280 e. The van der Waals surface area contributed by atoms with E-state index in [2.05, 4.69) is 19.9 Å². The predicted molar refractivity (Wildman–Crippen MR) is 111 cm³/mol. The number of H-pyrrole nitrogens is 1. The third-order valence-electron chi connectivity index (χ3n) is 4.29. The largest absolute Gasteiger partial charge is 0.369 e. The van der Waals surface area contributed by atoms with E-state index < -0.39 is 5.56 Å². The fourth-order valence-electron chi connectivity index (χ4n) is 2.92. The number of nitrogens with one attached hydrogen (secondary N) is 1. The van der Waals surface area contributed by atoms with Crippen molar-refractivity contribution in [2.45, 2.75) is 12.8 Å². The first kappa shape index (κ1) is 18.4. The molecule has 2 aromatic heterocycles. The normalized spacial score (nSPS) is 11.1. The molecule has 4 aromatic rings. The third-order valence-corrected chi connectivity index (χ3v) is 4.79. The van der Waals surface area contributed by atoms with Crippen LogP contribution in [0.2, 0.25) is 10.0 Å². The lowest BCUT2D eigenvalue weighted by molar-refractivity contribution is 0.951. The Balaban J connectivity index is 1.82. The van der Waals surface area contributed by atoms with Crippen LogP contribution in [-0.2, 0) is 12.8 Å². The molecule has 0 spiro atoms. The Kier molecular flexibility index (Phi) is 4.98. The van der Waals surface area contributed by atoms with E-state index in [-0.39, 0.29) is 17.1 Å². The van der Waals surface area contributed by atoms with Gasteiger partial charge in [-0.05, 0) is 35.4 Å². The zero-order chi connectivity index (χ0) is 19.7. The van der Waals surface area contributed by atoms with Crippen LogP contribution in [-0.4, -0.2) is 19.9 Å². The number of halogens is 2. The SMILES string of the molecule is Nc1nc2nc(Cc3ccc(Cl)cc3)c(Cc3ccc(Cl)cc3)nc2c(=O)[nH]1. The van der Waals surface area contributed by atoms with Crippen LogP contribution < -0.4 is 11.3 Å². The smallest absolute Gasteiger partial charge is 0.280 e. The van der Waals surface area contributed by atoms with Gasteiger partial charge in [-0.3, -0.25) is 9.78 Å².